The van der Waals surface area contributed by atoms with Crippen LogP contribution in [0, 0.1) is 6.92 Å². The molecule has 1 aromatic carbocycles. The Labute approximate surface area is 127 Å². The lowest BCUT2D eigenvalue weighted by molar-refractivity contribution is 0.153. The number of nitrogens with one attached hydrogen (secondary N) is 1. The van der Waals surface area contributed by atoms with Crippen molar-refractivity contribution in [2.45, 2.75) is 25.5 Å². The zero-order valence-electron chi connectivity index (χ0n) is 11.6. The van der Waals surface area contributed by atoms with Gasteiger partial charge in [0.1, 0.15) is 11.9 Å². The average molecular weight is 333 g/mol. The van der Waals surface area contributed by atoms with Gasteiger partial charge in [-0.3, -0.25) is 4.98 Å². The van der Waals surface area contributed by atoms with Crippen molar-refractivity contribution < 1.29 is 4.74 Å². The molecule has 1 aliphatic heterocycles. The topological polar surface area (TPSA) is 34.2 Å². The van der Waals surface area contributed by atoms with Crippen LogP contribution in [0.4, 0.5) is 0 Å². The Morgan fingerprint density at radius 3 is 2.90 bits per heavy atom. The van der Waals surface area contributed by atoms with Crippen LogP contribution in [0.15, 0.2) is 41.1 Å². The minimum absolute atomic E-state index is 0.0444. The highest BCUT2D eigenvalue weighted by Crippen LogP contribution is 2.42. The molecule has 0 saturated heterocycles. The van der Waals surface area contributed by atoms with E-state index in [1.807, 2.05) is 31.6 Å². The van der Waals surface area contributed by atoms with Gasteiger partial charge in [0, 0.05) is 40.5 Å². The molecular weight excluding hydrogens is 316 g/mol. The van der Waals surface area contributed by atoms with E-state index in [1.165, 1.54) is 16.7 Å². The summed E-state index contributed by atoms with van der Waals surface area (Å²) in [5.41, 5.74) is 3.60. The molecule has 20 heavy (non-hydrogen) atoms. The van der Waals surface area contributed by atoms with Gasteiger partial charge >= 0.3 is 0 Å². The summed E-state index contributed by atoms with van der Waals surface area (Å²) in [5.74, 6) is 0.943. The molecule has 1 aromatic heterocycles. The van der Waals surface area contributed by atoms with E-state index in [2.05, 4.69) is 45.3 Å². The van der Waals surface area contributed by atoms with Crippen molar-refractivity contribution in [3.8, 4) is 5.75 Å². The summed E-state index contributed by atoms with van der Waals surface area (Å²) in [5, 5.41) is 3.38. The molecule has 2 aromatic rings. The summed E-state index contributed by atoms with van der Waals surface area (Å²) in [6.07, 6.45) is 4.69. The summed E-state index contributed by atoms with van der Waals surface area (Å²) in [6.45, 7) is 2.10. The highest BCUT2D eigenvalue weighted by molar-refractivity contribution is 9.10. The minimum Gasteiger partial charge on any atom is -0.485 e. The van der Waals surface area contributed by atoms with Gasteiger partial charge in [-0.2, -0.15) is 0 Å². The van der Waals surface area contributed by atoms with Crippen molar-refractivity contribution in [1.29, 1.82) is 0 Å². The van der Waals surface area contributed by atoms with Crippen LogP contribution < -0.4 is 10.1 Å². The number of aromatic nitrogens is 1. The smallest absolute Gasteiger partial charge is 0.127 e. The molecule has 2 atom stereocenters. The normalized spacial score (nSPS) is 21.1. The largest absolute Gasteiger partial charge is 0.485 e. The number of rotatable bonds is 2. The first-order valence-corrected chi connectivity index (χ1v) is 7.52. The van der Waals surface area contributed by atoms with Gasteiger partial charge < -0.3 is 10.1 Å². The molecule has 3 rings (SSSR count). The summed E-state index contributed by atoms with van der Waals surface area (Å²) < 4.78 is 7.24. The molecule has 0 aliphatic carbocycles. The van der Waals surface area contributed by atoms with Crippen molar-refractivity contribution in [2.75, 3.05) is 7.05 Å². The lowest BCUT2D eigenvalue weighted by Gasteiger charge is -2.33. The maximum atomic E-state index is 6.20. The number of hydrogen-bond donors (Lipinski definition) is 1. The lowest BCUT2D eigenvalue weighted by atomic mass is 9.92. The Kier molecular flexibility index (Phi) is 3.76. The minimum atomic E-state index is 0.0444. The van der Waals surface area contributed by atoms with Crippen molar-refractivity contribution in [1.82, 2.24) is 10.3 Å². The molecule has 2 unspecified atom stereocenters. The molecule has 4 heteroatoms. The summed E-state index contributed by atoms with van der Waals surface area (Å²) in [4.78, 5) is 4.24. The number of pyridine rings is 1. The molecular formula is C16H17BrN2O. The molecule has 0 bridgehead atoms. The third kappa shape index (κ3) is 2.45. The van der Waals surface area contributed by atoms with E-state index in [0.29, 0.717) is 6.04 Å². The van der Waals surface area contributed by atoms with E-state index in [9.17, 15) is 0 Å². The molecule has 0 radical (unpaired) electrons. The molecule has 0 spiro atoms. The van der Waals surface area contributed by atoms with Gasteiger partial charge in [-0.15, -0.1) is 0 Å². The second kappa shape index (κ2) is 5.54. The fourth-order valence-corrected chi connectivity index (χ4v) is 3.06. The second-order valence-electron chi connectivity index (χ2n) is 5.10. The first kappa shape index (κ1) is 13.6. The molecule has 0 amide bonds. The third-order valence-electron chi connectivity index (χ3n) is 3.84. The van der Waals surface area contributed by atoms with Crippen LogP contribution in [-0.4, -0.2) is 12.0 Å². The first-order valence-electron chi connectivity index (χ1n) is 6.73. The van der Waals surface area contributed by atoms with Crippen LogP contribution in [0.2, 0.25) is 0 Å². The predicted molar refractivity (Wildman–Crippen MR) is 82.9 cm³/mol. The van der Waals surface area contributed by atoms with Crippen molar-refractivity contribution in [3.63, 3.8) is 0 Å². The molecule has 104 valence electrons. The quantitative estimate of drug-likeness (QED) is 0.904. The van der Waals surface area contributed by atoms with Crippen LogP contribution in [0.1, 0.15) is 35.3 Å². The number of ether oxygens (including phenoxy) is 1. The molecule has 2 heterocycles. The zero-order chi connectivity index (χ0) is 14.1. The van der Waals surface area contributed by atoms with Gasteiger partial charge in [-0.05, 0) is 37.7 Å². The van der Waals surface area contributed by atoms with Gasteiger partial charge in [0.25, 0.3) is 0 Å². The highest BCUT2D eigenvalue weighted by Gasteiger charge is 2.29. The fraction of sp³-hybridized carbons (Fsp3) is 0.312. The number of aryl methyl sites for hydroxylation is 1. The van der Waals surface area contributed by atoms with E-state index in [-0.39, 0.29) is 6.10 Å². The van der Waals surface area contributed by atoms with Crippen molar-refractivity contribution >= 4 is 15.9 Å². The van der Waals surface area contributed by atoms with Crippen molar-refractivity contribution in [2.24, 2.45) is 0 Å². The molecule has 3 nitrogen and oxygen atoms in total. The van der Waals surface area contributed by atoms with Gasteiger partial charge in [0.2, 0.25) is 0 Å². The number of fused-ring (bicyclic) bond motifs is 1. The summed E-state index contributed by atoms with van der Waals surface area (Å²) in [7, 11) is 2.00. The maximum Gasteiger partial charge on any atom is 0.127 e. The van der Waals surface area contributed by atoms with Crippen LogP contribution in [0.3, 0.4) is 0 Å². The Morgan fingerprint density at radius 2 is 2.15 bits per heavy atom. The van der Waals surface area contributed by atoms with Crippen LogP contribution in [-0.2, 0) is 0 Å². The SMILES string of the molecule is CNC1CC(c2cnccc2C)Oc2cc(Br)ccc21. The molecule has 0 saturated carbocycles. The number of benzene rings is 1. The third-order valence-corrected chi connectivity index (χ3v) is 4.34. The fourth-order valence-electron chi connectivity index (χ4n) is 2.72. The van der Waals surface area contributed by atoms with E-state index in [0.717, 1.165) is 16.6 Å². The Balaban J connectivity index is 2.00. The average Bonchev–Trinajstić information content (AvgIpc) is 2.46. The van der Waals surface area contributed by atoms with E-state index >= 15 is 0 Å². The van der Waals surface area contributed by atoms with Gasteiger partial charge in [-0.25, -0.2) is 0 Å². The Morgan fingerprint density at radius 1 is 1.30 bits per heavy atom. The van der Waals surface area contributed by atoms with Crippen LogP contribution >= 0.6 is 15.9 Å². The lowest BCUT2D eigenvalue weighted by Crippen LogP contribution is -2.27. The van der Waals surface area contributed by atoms with Crippen LogP contribution in [0.25, 0.3) is 0 Å². The summed E-state index contributed by atoms with van der Waals surface area (Å²) in [6, 6.07) is 8.55. The summed E-state index contributed by atoms with van der Waals surface area (Å²) >= 11 is 3.51. The van der Waals surface area contributed by atoms with Gasteiger partial charge in [0.15, 0.2) is 0 Å². The highest BCUT2D eigenvalue weighted by atomic mass is 79.9. The van der Waals surface area contributed by atoms with E-state index < -0.39 is 0 Å². The number of nitrogens with zero attached hydrogens (tertiary/aromatic N) is 1. The van der Waals surface area contributed by atoms with Gasteiger partial charge in [0.05, 0.1) is 0 Å². The number of hydrogen-bond acceptors (Lipinski definition) is 3. The molecule has 1 N–H and O–H groups in total. The molecule has 0 fully saturated rings. The predicted octanol–water partition coefficient (Wildman–Crippen LogP) is 3.94. The van der Waals surface area contributed by atoms with E-state index in [4.69, 9.17) is 4.74 Å². The Hall–Kier alpha value is -1.39. The molecule has 1 aliphatic rings. The second-order valence-corrected chi connectivity index (χ2v) is 6.01. The van der Waals surface area contributed by atoms with Crippen molar-refractivity contribution in [3.05, 3.63) is 57.8 Å². The van der Waals surface area contributed by atoms with Gasteiger partial charge in [-0.1, -0.05) is 22.0 Å². The Bertz CT molecular complexity index is 630. The zero-order valence-corrected chi connectivity index (χ0v) is 13.1. The van der Waals surface area contributed by atoms with Crippen LogP contribution in [0.5, 0.6) is 5.75 Å². The first-order chi connectivity index (χ1) is 9.69. The van der Waals surface area contributed by atoms with E-state index in [1.54, 1.807) is 0 Å². The standard InChI is InChI=1S/C16H17BrN2O/c1-10-5-6-19-9-13(10)16-8-14(18-2)12-4-3-11(17)7-15(12)20-16/h3-7,9,14,16,18H,8H2,1-2H3. The monoisotopic (exact) mass is 332 g/mol. The maximum absolute atomic E-state index is 6.20. The number of halogens is 1.